The summed E-state index contributed by atoms with van der Waals surface area (Å²) in [5.74, 6) is 0. The Balaban J connectivity index is 2.07. The first-order valence-electron chi connectivity index (χ1n) is 9.02. The van der Waals surface area contributed by atoms with Crippen molar-refractivity contribution in [3.63, 3.8) is 0 Å². The number of alkyl halides is 12. The molecule has 1 nitrogen and oxygen atoms in total. The molecule has 184 valence electrons. The van der Waals surface area contributed by atoms with Gasteiger partial charge in [0.05, 0.1) is 35.5 Å². The molecular weight excluding hydrogens is 484 g/mol. The summed E-state index contributed by atoms with van der Waals surface area (Å²) in [7, 11) is 0. The van der Waals surface area contributed by atoms with Gasteiger partial charge in [0.2, 0.25) is 0 Å². The predicted molar refractivity (Wildman–Crippen MR) is 91.1 cm³/mol. The van der Waals surface area contributed by atoms with Crippen LogP contribution in [0.1, 0.15) is 33.4 Å². The molecule has 33 heavy (non-hydrogen) atoms. The van der Waals surface area contributed by atoms with Crippen molar-refractivity contribution in [2.24, 2.45) is 0 Å². The van der Waals surface area contributed by atoms with E-state index in [-0.39, 0.29) is 23.3 Å². The molecule has 0 atom stereocenters. The molecule has 0 aliphatic heterocycles. The molecule has 0 bridgehead atoms. The number of hydrogen-bond donors (Lipinski definition) is 0. The Morgan fingerprint density at radius 3 is 0.879 bits per heavy atom. The smallest absolute Gasteiger partial charge is 0.381 e. The van der Waals surface area contributed by atoms with Crippen molar-refractivity contribution in [2.75, 3.05) is 13.2 Å². The van der Waals surface area contributed by atoms with Crippen LogP contribution in [-0.4, -0.2) is 13.2 Å². The van der Waals surface area contributed by atoms with Crippen molar-refractivity contribution >= 4 is 0 Å². The predicted octanol–water partition coefficient (Wildman–Crippen LogP) is 7.56. The van der Waals surface area contributed by atoms with Crippen molar-refractivity contribution in [1.29, 1.82) is 0 Å². The normalized spacial score (nSPS) is 13.5. The van der Waals surface area contributed by atoms with Crippen LogP contribution in [0.2, 0.25) is 0 Å². The van der Waals surface area contributed by atoms with Crippen molar-refractivity contribution in [1.82, 2.24) is 0 Å². The van der Waals surface area contributed by atoms with Crippen molar-refractivity contribution < 1.29 is 57.4 Å². The topological polar surface area (TPSA) is 9.23 Å². The monoisotopic (exact) mass is 498 g/mol. The Morgan fingerprint density at radius 1 is 0.424 bits per heavy atom. The molecule has 0 amide bonds. The Bertz CT molecular complexity index is 809. The second kappa shape index (κ2) is 9.43. The standard InChI is InChI=1S/C20H14F12O/c21-17(22,23)13-5-11(6-14(9-13)18(24,25)26)1-3-33-4-2-12-7-15(19(27,28)29)10-16(8-12)20(30,31)32/h5-10H,1-4H2. The van der Waals surface area contributed by atoms with E-state index in [2.05, 4.69) is 0 Å². The highest BCUT2D eigenvalue weighted by Crippen LogP contribution is 2.37. The van der Waals surface area contributed by atoms with Gasteiger partial charge in [0.25, 0.3) is 0 Å². The highest BCUT2D eigenvalue weighted by atomic mass is 19.4. The third-order valence-corrected chi connectivity index (χ3v) is 4.37. The van der Waals surface area contributed by atoms with Crippen molar-refractivity contribution in [3.8, 4) is 0 Å². The summed E-state index contributed by atoms with van der Waals surface area (Å²) in [5, 5.41) is 0. The molecule has 0 saturated heterocycles. The van der Waals surface area contributed by atoms with Crippen LogP contribution in [0.3, 0.4) is 0 Å². The fourth-order valence-corrected chi connectivity index (χ4v) is 2.81. The van der Waals surface area contributed by atoms with Gasteiger partial charge in [-0.25, -0.2) is 0 Å². The third-order valence-electron chi connectivity index (χ3n) is 4.37. The van der Waals surface area contributed by atoms with Crippen LogP contribution in [0.5, 0.6) is 0 Å². The van der Waals surface area contributed by atoms with E-state index in [0.29, 0.717) is 24.3 Å². The van der Waals surface area contributed by atoms with E-state index in [1.807, 2.05) is 0 Å². The second-order valence-corrected chi connectivity index (χ2v) is 6.94. The van der Waals surface area contributed by atoms with E-state index in [9.17, 15) is 52.7 Å². The number of halogens is 12. The number of hydrogen-bond acceptors (Lipinski definition) is 1. The quantitative estimate of drug-likeness (QED) is 0.295. The molecule has 13 heteroatoms. The minimum atomic E-state index is -5.03. The molecule has 0 unspecified atom stereocenters. The molecule has 0 aromatic heterocycles. The maximum atomic E-state index is 12.8. The minimum Gasteiger partial charge on any atom is -0.381 e. The van der Waals surface area contributed by atoms with Crippen LogP contribution in [0, 0.1) is 0 Å². The summed E-state index contributed by atoms with van der Waals surface area (Å²) < 4.78 is 159. The molecular formula is C20H14F12O. The van der Waals surface area contributed by atoms with Gasteiger partial charge in [-0.15, -0.1) is 0 Å². The second-order valence-electron chi connectivity index (χ2n) is 6.94. The van der Waals surface area contributed by atoms with Gasteiger partial charge in [0.15, 0.2) is 0 Å². The third kappa shape index (κ3) is 7.83. The van der Waals surface area contributed by atoms with Crippen molar-refractivity contribution in [2.45, 2.75) is 37.5 Å². The van der Waals surface area contributed by atoms with Gasteiger partial charge >= 0.3 is 24.7 Å². The maximum absolute atomic E-state index is 12.8. The first-order valence-corrected chi connectivity index (χ1v) is 9.02. The van der Waals surface area contributed by atoms with Gasteiger partial charge < -0.3 is 4.74 Å². The average Bonchev–Trinajstić information content (AvgIpc) is 2.64. The Hall–Kier alpha value is -2.44. The molecule has 0 aliphatic rings. The lowest BCUT2D eigenvalue weighted by molar-refractivity contribution is -0.144. The summed E-state index contributed by atoms with van der Waals surface area (Å²) in [6.45, 7) is -0.826. The zero-order chi connectivity index (χ0) is 25.2. The Morgan fingerprint density at radius 2 is 0.667 bits per heavy atom. The molecule has 0 radical (unpaired) electrons. The van der Waals surface area contributed by atoms with Gasteiger partial charge in [-0.1, -0.05) is 0 Å². The van der Waals surface area contributed by atoms with E-state index in [4.69, 9.17) is 4.74 Å². The molecule has 2 rings (SSSR count). The van der Waals surface area contributed by atoms with Gasteiger partial charge in [0, 0.05) is 0 Å². The van der Waals surface area contributed by atoms with E-state index >= 15 is 0 Å². The Labute approximate surface area is 179 Å². The van der Waals surface area contributed by atoms with Crippen LogP contribution in [0.25, 0.3) is 0 Å². The summed E-state index contributed by atoms with van der Waals surface area (Å²) >= 11 is 0. The number of rotatable bonds is 6. The van der Waals surface area contributed by atoms with Crippen LogP contribution < -0.4 is 0 Å². The minimum absolute atomic E-state index is 0.0454. The summed E-state index contributed by atoms with van der Waals surface area (Å²) in [5.41, 5.74) is -6.77. The van der Waals surface area contributed by atoms with E-state index in [1.165, 1.54) is 0 Å². The molecule has 0 heterocycles. The summed E-state index contributed by atoms with van der Waals surface area (Å²) in [6, 6.07) is 1.91. The van der Waals surface area contributed by atoms with Crippen LogP contribution in [0.15, 0.2) is 36.4 Å². The first-order chi connectivity index (χ1) is 14.9. The first kappa shape index (κ1) is 26.8. The van der Waals surface area contributed by atoms with Gasteiger partial charge in [0.1, 0.15) is 0 Å². The lowest BCUT2D eigenvalue weighted by Gasteiger charge is -2.15. The van der Waals surface area contributed by atoms with E-state index < -0.39 is 73.0 Å². The molecule has 2 aromatic carbocycles. The van der Waals surface area contributed by atoms with E-state index in [1.54, 1.807) is 0 Å². The fourth-order valence-electron chi connectivity index (χ4n) is 2.81. The zero-order valence-corrected chi connectivity index (χ0v) is 16.2. The van der Waals surface area contributed by atoms with Crippen LogP contribution in [0.4, 0.5) is 52.7 Å². The summed E-state index contributed by atoms with van der Waals surface area (Å²) in [4.78, 5) is 0. The van der Waals surface area contributed by atoms with Crippen molar-refractivity contribution in [3.05, 3.63) is 69.8 Å². The van der Waals surface area contributed by atoms with Gasteiger partial charge in [-0.05, 0) is 60.4 Å². The zero-order valence-electron chi connectivity index (χ0n) is 16.2. The molecule has 0 aliphatic carbocycles. The number of ether oxygens (including phenoxy) is 1. The molecule has 2 aromatic rings. The molecule has 0 fully saturated rings. The van der Waals surface area contributed by atoms with Gasteiger partial charge in [-0.3, -0.25) is 0 Å². The number of benzene rings is 2. The highest BCUT2D eigenvalue weighted by Gasteiger charge is 2.38. The largest absolute Gasteiger partial charge is 0.416 e. The van der Waals surface area contributed by atoms with E-state index in [0.717, 1.165) is 0 Å². The van der Waals surface area contributed by atoms with Gasteiger partial charge in [-0.2, -0.15) is 52.7 Å². The summed E-state index contributed by atoms with van der Waals surface area (Å²) in [6.07, 6.45) is -20.9. The van der Waals surface area contributed by atoms with Crippen LogP contribution in [-0.2, 0) is 42.3 Å². The molecule has 0 saturated carbocycles. The average molecular weight is 498 g/mol. The lowest BCUT2D eigenvalue weighted by atomic mass is 10.0. The van der Waals surface area contributed by atoms with Crippen LogP contribution >= 0.6 is 0 Å². The fraction of sp³-hybridized carbons (Fsp3) is 0.400. The molecule has 0 spiro atoms. The molecule has 0 N–H and O–H groups in total. The SMILES string of the molecule is FC(F)(F)c1cc(CCOCCc2cc(C(F)(F)F)cc(C(F)(F)F)c2)cc(C(F)(F)F)c1. The highest BCUT2D eigenvalue weighted by molar-refractivity contribution is 5.34. The Kier molecular flexibility index (Phi) is 7.66. The maximum Gasteiger partial charge on any atom is 0.416 e. The lowest BCUT2D eigenvalue weighted by Crippen LogP contribution is -2.13.